The lowest BCUT2D eigenvalue weighted by Gasteiger charge is -2.14. The number of unbranched alkanes of at least 4 members (excludes halogenated alkanes) is 5. The maximum absolute atomic E-state index is 13.4. The molecule has 1 fully saturated rings. The number of thiocarbonyl (C=S) groups is 1. The number of hydrogen-bond donors (Lipinski definition) is 0. The topological polar surface area (TPSA) is 47.4 Å². The monoisotopic (exact) mass is 575 g/mol. The summed E-state index contributed by atoms with van der Waals surface area (Å²) >= 11 is 7.00. The van der Waals surface area contributed by atoms with Crippen molar-refractivity contribution in [1.29, 1.82) is 0 Å². The molecule has 1 saturated heterocycles. The van der Waals surface area contributed by atoms with Gasteiger partial charge in [0.1, 0.15) is 15.8 Å². The SMILES string of the molecule is CCCCCCCCN1C(=O)C(=Cc2cn(-c3ccccc3)nc2-c2ccc(OCCC(C)C)c(C)c2)SC1=S. The number of para-hydroxylation sites is 1. The van der Waals surface area contributed by atoms with E-state index in [0.717, 1.165) is 53.1 Å². The third-order valence-corrected chi connectivity index (χ3v) is 8.44. The van der Waals surface area contributed by atoms with Crippen molar-refractivity contribution in [3.8, 4) is 22.7 Å². The van der Waals surface area contributed by atoms with E-state index in [9.17, 15) is 4.79 Å². The molecule has 0 N–H and O–H groups in total. The smallest absolute Gasteiger partial charge is 0.266 e. The molecule has 1 aliphatic heterocycles. The van der Waals surface area contributed by atoms with E-state index < -0.39 is 0 Å². The van der Waals surface area contributed by atoms with Crippen LogP contribution in [0.4, 0.5) is 0 Å². The molecule has 0 saturated carbocycles. The van der Waals surface area contributed by atoms with Gasteiger partial charge in [-0.1, -0.05) is 95.1 Å². The molecule has 3 aromatic rings. The van der Waals surface area contributed by atoms with Gasteiger partial charge in [0.2, 0.25) is 0 Å². The molecule has 0 spiro atoms. The number of rotatable bonds is 14. The minimum absolute atomic E-state index is 0.00736. The summed E-state index contributed by atoms with van der Waals surface area (Å²) in [4.78, 5) is 15.8. The van der Waals surface area contributed by atoms with Crippen LogP contribution in [0.1, 0.15) is 76.8 Å². The van der Waals surface area contributed by atoms with E-state index in [4.69, 9.17) is 22.1 Å². The van der Waals surface area contributed by atoms with Gasteiger partial charge in [-0.05, 0) is 67.7 Å². The number of amides is 1. The number of carbonyl (C=O) groups is 1. The first-order valence-electron chi connectivity index (χ1n) is 14.5. The number of hydrogen-bond acceptors (Lipinski definition) is 5. The van der Waals surface area contributed by atoms with Crippen LogP contribution >= 0.6 is 24.0 Å². The van der Waals surface area contributed by atoms with Gasteiger partial charge < -0.3 is 4.74 Å². The molecule has 40 heavy (non-hydrogen) atoms. The van der Waals surface area contributed by atoms with Crippen LogP contribution in [0, 0.1) is 12.8 Å². The first-order valence-corrected chi connectivity index (χ1v) is 15.7. The van der Waals surface area contributed by atoms with Crippen molar-refractivity contribution < 1.29 is 9.53 Å². The second kappa shape index (κ2) is 14.6. The zero-order chi connectivity index (χ0) is 28.5. The number of carbonyl (C=O) groups excluding carboxylic acids is 1. The molecule has 0 atom stereocenters. The molecule has 0 aliphatic carbocycles. The predicted octanol–water partition coefficient (Wildman–Crippen LogP) is 8.83. The lowest BCUT2D eigenvalue weighted by Crippen LogP contribution is -2.29. The fourth-order valence-corrected chi connectivity index (χ4v) is 5.98. The van der Waals surface area contributed by atoms with Crippen molar-refractivity contribution in [2.45, 2.75) is 72.6 Å². The van der Waals surface area contributed by atoms with Crippen LogP contribution < -0.4 is 4.74 Å². The van der Waals surface area contributed by atoms with Crippen LogP contribution in [-0.4, -0.2) is 38.1 Å². The average molecular weight is 576 g/mol. The molecular weight excluding hydrogens is 535 g/mol. The summed E-state index contributed by atoms with van der Waals surface area (Å²) in [7, 11) is 0. The van der Waals surface area contributed by atoms with Crippen molar-refractivity contribution in [3.63, 3.8) is 0 Å². The maximum atomic E-state index is 13.4. The molecule has 2 heterocycles. The Labute approximate surface area is 249 Å². The molecule has 1 amide bonds. The number of aromatic nitrogens is 2. The Morgan fingerprint density at radius 3 is 2.52 bits per heavy atom. The van der Waals surface area contributed by atoms with Crippen LogP contribution in [0.3, 0.4) is 0 Å². The van der Waals surface area contributed by atoms with Crippen LogP contribution in [0.5, 0.6) is 5.75 Å². The molecule has 7 heteroatoms. The van der Waals surface area contributed by atoms with Crippen molar-refractivity contribution >= 4 is 40.3 Å². The zero-order valence-electron chi connectivity index (χ0n) is 24.2. The number of ether oxygens (including phenoxy) is 1. The second-order valence-electron chi connectivity index (χ2n) is 10.8. The normalized spacial score (nSPS) is 14.6. The first-order chi connectivity index (χ1) is 19.4. The minimum atomic E-state index is -0.00736. The molecule has 5 nitrogen and oxygen atoms in total. The summed E-state index contributed by atoms with van der Waals surface area (Å²) in [5.74, 6) is 1.49. The summed E-state index contributed by atoms with van der Waals surface area (Å²) in [5.41, 5.74) is 4.71. The molecule has 212 valence electrons. The minimum Gasteiger partial charge on any atom is -0.493 e. The average Bonchev–Trinajstić information content (AvgIpc) is 3.48. The van der Waals surface area contributed by atoms with E-state index >= 15 is 0 Å². The second-order valence-corrected chi connectivity index (χ2v) is 12.5. The van der Waals surface area contributed by atoms with Crippen molar-refractivity contribution in [1.82, 2.24) is 14.7 Å². The molecule has 1 aliphatic rings. The fraction of sp³-hybridized carbons (Fsp3) is 0.424. The standard InChI is InChI=1S/C33H41N3O2S2/c1-5-6-7-8-9-13-19-35-32(37)30(40-33(35)39)22-27-23-36(28-14-11-10-12-15-28)34-31(27)26-16-17-29(25(4)21-26)38-20-18-24(2)3/h10-12,14-17,21-24H,5-9,13,18-20H2,1-4H3. The van der Waals surface area contributed by atoms with E-state index in [2.05, 4.69) is 39.8 Å². The van der Waals surface area contributed by atoms with E-state index in [0.29, 0.717) is 28.3 Å². The van der Waals surface area contributed by atoms with Gasteiger partial charge in [-0.2, -0.15) is 5.10 Å². The number of nitrogens with zero attached hydrogens (tertiary/aromatic N) is 3. The highest BCUT2D eigenvalue weighted by molar-refractivity contribution is 8.26. The van der Waals surface area contributed by atoms with Gasteiger partial charge in [0.15, 0.2) is 0 Å². The molecule has 2 aromatic carbocycles. The van der Waals surface area contributed by atoms with Crippen molar-refractivity contribution in [3.05, 3.63) is 70.8 Å². The van der Waals surface area contributed by atoms with E-state index in [1.54, 1.807) is 4.90 Å². The van der Waals surface area contributed by atoms with Gasteiger partial charge in [-0.3, -0.25) is 9.69 Å². The predicted molar refractivity (Wildman–Crippen MR) is 172 cm³/mol. The first kappa shape index (κ1) is 30.1. The Hall–Kier alpha value is -2.90. The van der Waals surface area contributed by atoms with E-state index in [1.165, 1.54) is 37.4 Å². The summed E-state index contributed by atoms with van der Waals surface area (Å²) < 4.78 is 8.56. The van der Waals surface area contributed by atoms with Gasteiger partial charge >= 0.3 is 0 Å². The van der Waals surface area contributed by atoms with Crippen LogP contribution in [0.15, 0.2) is 59.6 Å². The number of aryl methyl sites for hydroxylation is 1. The van der Waals surface area contributed by atoms with Crippen LogP contribution in [0.25, 0.3) is 23.0 Å². The van der Waals surface area contributed by atoms with Gasteiger partial charge in [0.25, 0.3) is 5.91 Å². The maximum Gasteiger partial charge on any atom is 0.266 e. The highest BCUT2D eigenvalue weighted by Gasteiger charge is 2.32. The van der Waals surface area contributed by atoms with E-state index in [-0.39, 0.29) is 5.91 Å². The molecule has 0 bridgehead atoms. The Balaban J connectivity index is 1.58. The van der Waals surface area contributed by atoms with Gasteiger partial charge in [0, 0.05) is 23.9 Å². The lowest BCUT2D eigenvalue weighted by molar-refractivity contribution is -0.122. The Morgan fingerprint density at radius 2 is 1.80 bits per heavy atom. The summed E-state index contributed by atoms with van der Waals surface area (Å²) in [6.45, 7) is 10.1. The largest absolute Gasteiger partial charge is 0.493 e. The number of benzene rings is 2. The third kappa shape index (κ3) is 7.85. The zero-order valence-corrected chi connectivity index (χ0v) is 25.8. The molecule has 1 aromatic heterocycles. The third-order valence-electron chi connectivity index (χ3n) is 7.06. The van der Waals surface area contributed by atoms with Crippen molar-refractivity contribution in [2.75, 3.05) is 13.2 Å². The van der Waals surface area contributed by atoms with Crippen LogP contribution in [0.2, 0.25) is 0 Å². The van der Waals surface area contributed by atoms with Crippen molar-refractivity contribution in [2.24, 2.45) is 5.92 Å². The van der Waals surface area contributed by atoms with E-state index in [1.807, 2.05) is 53.4 Å². The summed E-state index contributed by atoms with van der Waals surface area (Å²) in [5, 5.41) is 4.96. The quantitative estimate of drug-likeness (QED) is 0.109. The molecule has 0 unspecified atom stereocenters. The summed E-state index contributed by atoms with van der Waals surface area (Å²) in [6, 6.07) is 16.2. The Bertz CT molecular complexity index is 1330. The Morgan fingerprint density at radius 1 is 1.05 bits per heavy atom. The Kier molecular flexibility index (Phi) is 11.0. The molecular formula is C33H41N3O2S2. The summed E-state index contributed by atoms with van der Waals surface area (Å²) in [6.07, 6.45) is 12.0. The molecule has 4 rings (SSSR count). The number of thioether (sulfide) groups is 1. The van der Waals surface area contributed by atoms with Gasteiger partial charge in [-0.25, -0.2) is 4.68 Å². The van der Waals surface area contributed by atoms with Gasteiger partial charge in [0.05, 0.1) is 17.2 Å². The van der Waals surface area contributed by atoms with Crippen LogP contribution in [-0.2, 0) is 4.79 Å². The highest BCUT2D eigenvalue weighted by atomic mass is 32.2. The fourth-order valence-electron chi connectivity index (χ4n) is 4.68. The highest BCUT2D eigenvalue weighted by Crippen LogP contribution is 2.36. The van der Waals surface area contributed by atoms with Gasteiger partial charge in [-0.15, -0.1) is 0 Å². The lowest BCUT2D eigenvalue weighted by atomic mass is 10.0. The molecule has 0 radical (unpaired) electrons.